The number of imidazole rings is 1. The summed E-state index contributed by atoms with van der Waals surface area (Å²) in [5.41, 5.74) is 7.45. The van der Waals surface area contributed by atoms with Crippen molar-refractivity contribution in [3.05, 3.63) is 18.9 Å². The number of thioether (sulfide) groups is 1. The molecule has 98 valence electrons. The molecule has 3 N–H and O–H groups in total. The van der Waals surface area contributed by atoms with Crippen LogP contribution < -0.4 is 5.73 Å². The number of anilines is 1. The molecule has 3 rings (SSSR count). The molecule has 0 unspecified atom stereocenters. The minimum atomic E-state index is 0.591. The number of hydrogen-bond donors (Lipinski definition) is 2. The van der Waals surface area contributed by atoms with E-state index in [1.807, 2.05) is 0 Å². The molecule has 0 aliphatic carbocycles. The first-order chi connectivity index (χ1) is 9.31. The first-order valence-electron chi connectivity index (χ1n) is 5.92. The number of nitrogens with zero attached hydrogens (tertiary/aromatic N) is 5. The first kappa shape index (κ1) is 12.0. The number of nitrogens with one attached hydrogen (secondary N) is 1. The third-order valence-electron chi connectivity index (χ3n) is 2.64. The third-order valence-corrected chi connectivity index (χ3v) is 3.87. The van der Waals surface area contributed by atoms with Gasteiger partial charge in [0, 0.05) is 0 Å². The number of fused-ring (bicyclic) bond motifs is 1. The molecule has 0 aliphatic rings. The molecule has 3 aromatic rings. The van der Waals surface area contributed by atoms with Crippen molar-refractivity contribution >= 4 is 28.7 Å². The average Bonchev–Trinajstić information content (AvgIpc) is 3.03. The highest BCUT2D eigenvalue weighted by Gasteiger charge is 2.14. The lowest BCUT2D eigenvalue weighted by molar-refractivity contribution is 0.858. The summed E-state index contributed by atoms with van der Waals surface area (Å²) >= 11 is 1.69. The summed E-state index contributed by atoms with van der Waals surface area (Å²) in [5, 5.41) is 4.30. The number of nitrogen functional groups attached to an aromatic ring is 1. The van der Waals surface area contributed by atoms with E-state index in [0.29, 0.717) is 17.3 Å². The highest BCUT2D eigenvalue weighted by molar-refractivity contribution is 7.99. The molecule has 0 bridgehead atoms. The van der Waals surface area contributed by atoms with Crippen LogP contribution in [-0.4, -0.2) is 35.5 Å². The van der Waals surface area contributed by atoms with Crippen molar-refractivity contribution in [1.82, 2.24) is 29.7 Å². The molecule has 0 radical (unpaired) electrons. The van der Waals surface area contributed by atoms with E-state index < -0.39 is 0 Å². The molecule has 0 fully saturated rings. The molecule has 3 heterocycles. The van der Waals surface area contributed by atoms with Crippen LogP contribution in [0.3, 0.4) is 0 Å². The SMILES string of the molecule is CCCSc1cnn(-c2ncnc3nc[nH]c23)c1N. The zero-order valence-corrected chi connectivity index (χ0v) is 11.2. The summed E-state index contributed by atoms with van der Waals surface area (Å²) in [6, 6.07) is 0. The van der Waals surface area contributed by atoms with Crippen LogP contribution in [0.25, 0.3) is 17.0 Å². The maximum atomic E-state index is 6.12. The van der Waals surface area contributed by atoms with Gasteiger partial charge in [-0.15, -0.1) is 11.8 Å². The van der Waals surface area contributed by atoms with E-state index in [2.05, 4.69) is 32.0 Å². The first-order valence-corrected chi connectivity index (χ1v) is 6.90. The van der Waals surface area contributed by atoms with Crippen molar-refractivity contribution in [2.45, 2.75) is 18.2 Å². The third kappa shape index (κ3) is 2.03. The highest BCUT2D eigenvalue weighted by atomic mass is 32.2. The fraction of sp³-hybridized carbons (Fsp3) is 0.273. The smallest absolute Gasteiger partial charge is 0.184 e. The van der Waals surface area contributed by atoms with Crippen molar-refractivity contribution in [2.24, 2.45) is 0 Å². The maximum Gasteiger partial charge on any atom is 0.184 e. The monoisotopic (exact) mass is 275 g/mol. The van der Waals surface area contributed by atoms with E-state index in [-0.39, 0.29) is 0 Å². The van der Waals surface area contributed by atoms with Gasteiger partial charge in [-0.1, -0.05) is 6.92 Å². The number of H-pyrrole nitrogens is 1. The van der Waals surface area contributed by atoms with Crippen molar-refractivity contribution in [1.29, 1.82) is 0 Å². The van der Waals surface area contributed by atoms with Gasteiger partial charge in [0.15, 0.2) is 11.5 Å². The lowest BCUT2D eigenvalue weighted by atomic mass is 10.5. The number of rotatable bonds is 4. The zero-order valence-electron chi connectivity index (χ0n) is 10.4. The van der Waals surface area contributed by atoms with E-state index in [0.717, 1.165) is 22.6 Å². The Morgan fingerprint density at radius 1 is 1.37 bits per heavy atom. The van der Waals surface area contributed by atoms with Crippen molar-refractivity contribution < 1.29 is 0 Å². The summed E-state index contributed by atoms with van der Waals surface area (Å²) in [4.78, 5) is 16.4. The van der Waals surface area contributed by atoms with Crippen molar-refractivity contribution in [3.63, 3.8) is 0 Å². The van der Waals surface area contributed by atoms with Gasteiger partial charge in [-0.25, -0.2) is 15.0 Å². The molecular weight excluding hydrogens is 262 g/mol. The van der Waals surface area contributed by atoms with Crippen LogP contribution in [0.2, 0.25) is 0 Å². The van der Waals surface area contributed by atoms with Gasteiger partial charge >= 0.3 is 0 Å². The number of aromatic amines is 1. The van der Waals surface area contributed by atoms with Gasteiger partial charge in [-0.05, 0) is 12.2 Å². The Labute approximate surface area is 113 Å². The summed E-state index contributed by atoms with van der Waals surface area (Å²) in [5.74, 6) is 2.22. The molecule has 0 spiro atoms. The summed E-state index contributed by atoms with van der Waals surface area (Å²) in [7, 11) is 0. The summed E-state index contributed by atoms with van der Waals surface area (Å²) in [6.45, 7) is 2.13. The van der Waals surface area contributed by atoms with Crippen LogP contribution in [0.4, 0.5) is 5.82 Å². The Bertz CT molecular complexity index is 702. The molecule has 0 amide bonds. The topological polar surface area (TPSA) is 98.3 Å². The normalized spacial score (nSPS) is 11.2. The molecule has 3 aromatic heterocycles. The molecule has 0 aliphatic heterocycles. The van der Waals surface area contributed by atoms with Gasteiger partial charge in [-0.2, -0.15) is 9.78 Å². The number of hydrogen-bond acceptors (Lipinski definition) is 6. The lowest BCUT2D eigenvalue weighted by Crippen LogP contribution is -2.05. The minimum Gasteiger partial charge on any atom is -0.383 e. The molecule has 0 atom stereocenters. The lowest BCUT2D eigenvalue weighted by Gasteiger charge is -2.04. The minimum absolute atomic E-state index is 0.591. The van der Waals surface area contributed by atoms with Crippen LogP contribution in [0.15, 0.2) is 23.7 Å². The van der Waals surface area contributed by atoms with Gasteiger partial charge in [0.05, 0.1) is 17.4 Å². The molecule has 19 heavy (non-hydrogen) atoms. The molecule has 0 saturated heterocycles. The Balaban J connectivity index is 2.07. The predicted octanol–water partition coefficient (Wildman–Crippen LogP) is 1.62. The maximum absolute atomic E-state index is 6.12. The van der Waals surface area contributed by atoms with Gasteiger partial charge in [0.1, 0.15) is 17.7 Å². The van der Waals surface area contributed by atoms with E-state index in [4.69, 9.17) is 5.73 Å². The number of nitrogens with two attached hydrogens (primary N) is 1. The van der Waals surface area contributed by atoms with E-state index in [1.54, 1.807) is 29.0 Å². The standard InChI is InChI=1S/C11H13N7S/c1-2-3-19-7-4-17-18(9(7)12)11-8-10(14-5-13-8)15-6-16-11/h4-6H,2-3,12H2,1H3,(H,13,14,15,16). The van der Waals surface area contributed by atoms with Gasteiger partial charge in [0.25, 0.3) is 0 Å². The molecule has 8 heteroatoms. The van der Waals surface area contributed by atoms with Crippen LogP contribution in [0.5, 0.6) is 0 Å². The quantitative estimate of drug-likeness (QED) is 0.702. The Kier molecular flexibility index (Phi) is 3.08. The van der Waals surface area contributed by atoms with E-state index in [1.165, 1.54) is 6.33 Å². The van der Waals surface area contributed by atoms with Crippen molar-refractivity contribution in [2.75, 3.05) is 11.5 Å². The van der Waals surface area contributed by atoms with Crippen LogP contribution >= 0.6 is 11.8 Å². The molecular formula is C11H13N7S. The van der Waals surface area contributed by atoms with Crippen LogP contribution in [0.1, 0.15) is 13.3 Å². The highest BCUT2D eigenvalue weighted by Crippen LogP contribution is 2.27. The number of aromatic nitrogens is 6. The predicted molar refractivity (Wildman–Crippen MR) is 74.2 cm³/mol. The second kappa shape index (κ2) is 4.88. The fourth-order valence-corrected chi connectivity index (χ4v) is 2.53. The Hall–Kier alpha value is -2.09. The second-order valence-corrected chi connectivity index (χ2v) is 5.09. The molecule has 7 nitrogen and oxygen atoms in total. The largest absolute Gasteiger partial charge is 0.383 e. The van der Waals surface area contributed by atoms with Crippen LogP contribution in [-0.2, 0) is 0 Å². The summed E-state index contributed by atoms with van der Waals surface area (Å²) < 4.78 is 1.61. The van der Waals surface area contributed by atoms with Gasteiger partial charge in [-0.3, -0.25) is 0 Å². The zero-order chi connectivity index (χ0) is 13.2. The van der Waals surface area contributed by atoms with E-state index in [9.17, 15) is 0 Å². The van der Waals surface area contributed by atoms with Crippen molar-refractivity contribution in [3.8, 4) is 5.82 Å². The van der Waals surface area contributed by atoms with E-state index >= 15 is 0 Å². The fourth-order valence-electron chi connectivity index (χ4n) is 1.75. The molecule has 0 saturated carbocycles. The second-order valence-electron chi connectivity index (χ2n) is 3.95. The van der Waals surface area contributed by atoms with Gasteiger partial charge < -0.3 is 10.7 Å². The summed E-state index contributed by atoms with van der Waals surface area (Å²) in [6.07, 6.45) is 5.89. The molecule has 0 aromatic carbocycles. The Morgan fingerprint density at radius 3 is 3.11 bits per heavy atom. The average molecular weight is 275 g/mol. The van der Waals surface area contributed by atoms with Crippen LogP contribution in [0, 0.1) is 0 Å². The Morgan fingerprint density at radius 2 is 2.26 bits per heavy atom. The van der Waals surface area contributed by atoms with Gasteiger partial charge in [0.2, 0.25) is 0 Å².